The molecule has 1 unspecified atom stereocenters. The van der Waals surface area contributed by atoms with Gasteiger partial charge in [0, 0.05) is 5.69 Å². The average molecular weight is 298 g/mol. The van der Waals surface area contributed by atoms with Gasteiger partial charge in [-0.05, 0) is 44.0 Å². The topological polar surface area (TPSA) is 64.3 Å². The lowest BCUT2D eigenvalue weighted by Crippen LogP contribution is -2.36. The van der Waals surface area contributed by atoms with Crippen molar-refractivity contribution in [2.45, 2.75) is 32.3 Å². The Morgan fingerprint density at radius 2 is 1.55 bits per heavy atom. The zero-order chi connectivity index (χ0) is 16.2. The molecule has 0 saturated carbocycles. The van der Waals surface area contributed by atoms with Gasteiger partial charge in [-0.15, -0.1) is 0 Å². The molecule has 3 N–H and O–H groups in total. The van der Waals surface area contributed by atoms with Gasteiger partial charge in [0.25, 0.3) is 5.91 Å². The number of nitrogens with two attached hydrogens (primary N) is 1. The summed E-state index contributed by atoms with van der Waals surface area (Å²) in [5, 5.41) is 0. The summed E-state index contributed by atoms with van der Waals surface area (Å²) in [4.78, 5) is 18.0. The molecule has 0 aromatic heterocycles. The van der Waals surface area contributed by atoms with Crippen LogP contribution in [0.4, 0.5) is 5.69 Å². The van der Waals surface area contributed by atoms with Crippen LogP contribution in [0, 0.1) is 0 Å². The molecule has 2 aromatic carbocycles. The van der Waals surface area contributed by atoms with E-state index in [9.17, 15) is 4.79 Å². The Bertz CT molecular complexity index is 616. The summed E-state index contributed by atoms with van der Waals surface area (Å²) < 4.78 is 0. The van der Waals surface area contributed by atoms with Crippen LogP contribution in [0.25, 0.3) is 0 Å². The van der Waals surface area contributed by atoms with Crippen molar-refractivity contribution in [1.29, 1.82) is 0 Å². The summed E-state index contributed by atoms with van der Waals surface area (Å²) in [5.41, 5.74) is 10.3. The lowest BCUT2D eigenvalue weighted by Gasteiger charge is -2.23. The number of anilines is 1. The van der Waals surface area contributed by atoms with Crippen LogP contribution in [0.3, 0.4) is 0 Å². The van der Waals surface area contributed by atoms with Crippen LogP contribution < -0.4 is 11.2 Å². The largest absolute Gasteiger partial charge is 0.399 e. The van der Waals surface area contributed by atoms with E-state index >= 15 is 0 Å². The van der Waals surface area contributed by atoms with Crippen LogP contribution in [-0.4, -0.2) is 11.5 Å². The van der Waals surface area contributed by atoms with Crippen molar-refractivity contribution < 1.29 is 9.63 Å². The van der Waals surface area contributed by atoms with E-state index in [0.717, 1.165) is 11.1 Å². The maximum absolute atomic E-state index is 12.6. The fourth-order valence-electron chi connectivity index (χ4n) is 2.09. The molecule has 0 heterocycles. The van der Waals surface area contributed by atoms with E-state index in [0.29, 0.717) is 5.69 Å². The maximum Gasteiger partial charge on any atom is 0.255 e. The lowest BCUT2D eigenvalue weighted by molar-refractivity contribution is -0.146. The molecule has 0 aliphatic heterocycles. The minimum Gasteiger partial charge on any atom is -0.399 e. The van der Waals surface area contributed by atoms with Crippen molar-refractivity contribution in [2.24, 2.45) is 0 Å². The third-order valence-corrected chi connectivity index (χ3v) is 3.12. The molecular formula is C18H22N2O2. The molecule has 116 valence electrons. The van der Waals surface area contributed by atoms with Crippen LogP contribution in [0.1, 0.15) is 37.8 Å². The van der Waals surface area contributed by atoms with Gasteiger partial charge in [-0.25, -0.2) is 5.48 Å². The predicted octanol–water partition coefficient (Wildman–Crippen LogP) is 3.25. The minimum atomic E-state index is -0.446. The highest BCUT2D eigenvalue weighted by Gasteiger charge is 2.24. The number of amides is 1. The number of nitrogens with one attached hydrogen (secondary N) is 1. The zero-order valence-corrected chi connectivity index (χ0v) is 13.2. The minimum absolute atomic E-state index is 0.203. The van der Waals surface area contributed by atoms with Gasteiger partial charge in [-0.2, -0.15) is 0 Å². The van der Waals surface area contributed by atoms with Crippen molar-refractivity contribution in [1.82, 2.24) is 5.48 Å². The number of carbonyl (C=O) groups excluding carboxylic acids is 1. The second kappa shape index (κ2) is 6.62. The molecule has 0 bridgehead atoms. The fourth-order valence-corrected chi connectivity index (χ4v) is 2.09. The van der Waals surface area contributed by atoms with Gasteiger partial charge >= 0.3 is 0 Å². The number of nitrogen functional groups attached to an aromatic ring is 1. The van der Waals surface area contributed by atoms with Crippen LogP contribution in [0.5, 0.6) is 0 Å². The molecule has 0 aliphatic carbocycles. The van der Waals surface area contributed by atoms with E-state index in [-0.39, 0.29) is 5.91 Å². The molecule has 0 fully saturated rings. The molecule has 1 amide bonds. The quantitative estimate of drug-likeness (QED) is 0.672. The molecule has 22 heavy (non-hydrogen) atoms. The van der Waals surface area contributed by atoms with Gasteiger partial charge < -0.3 is 5.73 Å². The number of carbonyl (C=O) groups is 1. The van der Waals surface area contributed by atoms with E-state index in [1.807, 2.05) is 63.2 Å². The molecule has 2 aromatic rings. The van der Waals surface area contributed by atoms with Gasteiger partial charge in [-0.1, -0.05) is 42.5 Å². The third-order valence-electron chi connectivity index (χ3n) is 3.12. The summed E-state index contributed by atoms with van der Waals surface area (Å²) >= 11 is 0. The first-order valence-electron chi connectivity index (χ1n) is 7.25. The highest BCUT2D eigenvalue weighted by Crippen LogP contribution is 2.26. The van der Waals surface area contributed by atoms with E-state index in [1.54, 1.807) is 12.1 Å². The molecule has 0 saturated heterocycles. The second-order valence-electron chi connectivity index (χ2n) is 6.19. The molecule has 4 heteroatoms. The number of rotatable bonds is 4. The highest BCUT2D eigenvalue weighted by molar-refractivity contribution is 5.86. The zero-order valence-electron chi connectivity index (χ0n) is 13.2. The van der Waals surface area contributed by atoms with Gasteiger partial charge in [0.2, 0.25) is 0 Å². The molecule has 0 radical (unpaired) electrons. The van der Waals surface area contributed by atoms with Crippen molar-refractivity contribution in [3.05, 3.63) is 65.7 Å². The van der Waals surface area contributed by atoms with Crippen LogP contribution in [-0.2, 0) is 9.63 Å². The summed E-state index contributed by atoms with van der Waals surface area (Å²) in [5.74, 6) is -0.643. The van der Waals surface area contributed by atoms with Crippen molar-refractivity contribution in [3.63, 3.8) is 0 Å². The number of hydrogen-bond acceptors (Lipinski definition) is 3. The molecule has 0 spiro atoms. The van der Waals surface area contributed by atoms with E-state index in [4.69, 9.17) is 10.6 Å². The normalized spacial score (nSPS) is 12.7. The van der Waals surface area contributed by atoms with Crippen molar-refractivity contribution in [3.8, 4) is 0 Å². The van der Waals surface area contributed by atoms with Crippen LogP contribution in [0.15, 0.2) is 54.6 Å². The predicted molar refractivity (Wildman–Crippen MR) is 88.1 cm³/mol. The van der Waals surface area contributed by atoms with Gasteiger partial charge in [0.1, 0.15) is 0 Å². The Balaban J connectivity index is 2.30. The Morgan fingerprint density at radius 1 is 1.00 bits per heavy atom. The average Bonchev–Trinajstić information content (AvgIpc) is 2.48. The van der Waals surface area contributed by atoms with E-state index < -0.39 is 11.5 Å². The van der Waals surface area contributed by atoms with Gasteiger partial charge in [0.05, 0.1) is 11.5 Å². The van der Waals surface area contributed by atoms with Crippen molar-refractivity contribution >= 4 is 11.6 Å². The standard InChI is InChI=1S/C18H22N2O2/c1-18(2,3)22-20-17(21)16(13-7-5-4-6-8-13)14-9-11-15(19)12-10-14/h4-12,16H,19H2,1-3H3,(H,20,21). The maximum atomic E-state index is 12.6. The molecule has 1 atom stereocenters. The van der Waals surface area contributed by atoms with Gasteiger partial charge in [-0.3, -0.25) is 9.63 Å². The first-order valence-corrected chi connectivity index (χ1v) is 7.25. The first-order chi connectivity index (χ1) is 10.4. The Labute approximate surface area is 131 Å². The summed E-state index contributed by atoms with van der Waals surface area (Å²) in [7, 11) is 0. The number of hydrogen-bond donors (Lipinski definition) is 2. The molecule has 4 nitrogen and oxygen atoms in total. The Hall–Kier alpha value is -2.33. The Kier molecular flexibility index (Phi) is 4.83. The molecule has 0 aliphatic rings. The highest BCUT2D eigenvalue weighted by atomic mass is 16.7. The van der Waals surface area contributed by atoms with Gasteiger partial charge in [0.15, 0.2) is 0 Å². The lowest BCUT2D eigenvalue weighted by atomic mass is 9.90. The fraction of sp³-hybridized carbons (Fsp3) is 0.278. The summed E-state index contributed by atoms with van der Waals surface area (Å²) in [6.07, 6.45) is 0. The van der Waals surface area contributed by atoms with E-state index in [1.165, 1.54) is 0 Å². The second-order valence-corrected chi connectivity index (χ2v) is 6.19. The summed E-state index contributed by atoms with van der Waals surface area (Å²) in [6, 6.07) is 16.9. The van der Waals surface area contributed by atoms with Crippen LogP contribution >= 0.6 is 0 Å². The molecule has 2 rings (SSSR count). The Morgan fingerprint density at radius 3 is 2.09 bits per heavy atom. The van der Waals surface area contributed by atoms with Crippen LogP contribution in [0.2, 0.25) is 0 Å². The number of hydroxylamine groups is 1. The SMILES string of the molecule is CC(C)(C)ONC(=O)C(c1ccccc1)c1ccc(N)cc1. The van der Waals surface area contributed by atoms with Crippen molar-refractivity contribution in [2.75, 3.05) is 5.73 Å². The summed E-state index contributed by atoms with van der Waals surface area (Å²) in [6.45, 7) is 5.65. The first kappa shape index (κ1) is 16.0. The number of benzene rings is 2. The monoisotopic (exact) mass is 298 g/mol. The smallest absolute Gasteiger partial charge is 0.255 e. The molecular weight excluding hydrogens is 276 g/mol. The van der Waals surface area contributed by atoms with E-state index in [2.05, 4.69) is 5.48 Å². The third kappa shape index (κ3) is 4.33.